The fraction of sp³-hybridized carbons (Fsp3) is 0.156. The molecule has 0 N–H and O–H groups in total. The Labute approximate surface area is 553 Å². The standard InChI is InChI=1S/C90H76B2N2/c1-54-46-56(3)85(57(4)47-54)92(86-58(5)48-55(2)49-59(86)6)69-26-21-25-62(50-69)70-44-45-72-64(52-77-81-63(33-42-73(70)84(72)81)51-78-83(77)74-28-17-19-30-79(74)93-87(78)61-23-13-12-14-24-61)53-90(10,11)66-36-40-68(41-37-66)91(67-38-34-65(35-39-67)89(7,8)9)88-76-43-32-60-22-15-16-27-71(60)82(76)75-29-18-20-31-80(75)94-88/h12-52H,53H2,1-11H3. The van der Waals surface area contributed by atoms with E-state index in [4.69, 9.17) is 9.97 Å². The second kappa shape index (κ2) is 22.6. The summed E-state index contributed by atoms with van der Waals surface area (Å²) in [5, 5.41) is 17.4. The van der Waals surface area contributed by atoms with E-state index >= 15 is 0 Å². The zero-order valence-electron chi connectivity index (χ0n) is 55.9. The highest BCUT2D eigenvalue weighted by atomic mass is 14.7. The predicted molar refractivity (Wildman–Crippen MR) is 410 cm³/mol. The smallest absolute Gasteiger partial charge is 0.261 e. The van der Waals surface area contributed by atoms with Gasteiger partial charge in [0.1, 0.15) is 0 Å². The van der Waals surface area contributed by atoms with Crippen LogP contribution in [0.25, 0.3) is 109 Å². The minimum Gasteiger partial charge on any atom is -0.261 e. The van der Waals surface area contributed by atoms with Gasteiger partial charge >= 0.3 is 0 Å². The van der Waals surface area contributed by atoms with Gasteiger partial charge in [-0.2, -0.15) is 0 Å². The quantitative estimate of drug-likeness (QED) is 0.0733. The summed E-state index contributed by atoms with van der Waals surface area (Å²) < 4.78 is 0. The molecular formula is C90H76B2N2. The summed E-state index contributed by atoms with van der Waals surface area (Å²) in [4.78, 5) is 11.2. The van der Waals surface area contributed by atoms with Crippen molar-refractivity contribution in [2.24, 2.45) is 0 Å². The van der Waals surface area contributed by atoms with Crippen LogP contribution in [0.3, 0.4) is 0 Å². The molecule has 0 amide bonds. The van der Waals surface area contributed by atoms with E-state index in [0.29, 0.717) is 0 Å². The van der Waals surface area contributed by atoms with Crippen LogP contribution in [0.4, 0.5) is 0 Å². The Morgan fingerprint density at radius 2 is 0.862 bits per heavy atom. The molecule has 0 bridgehead atoms. The molecule has 16 aromatic rings. The average Bonchev–Trinajstić information content (AvgIpc) is 0.708. The lowest BCUT2D eigenvalue weighted by Gasteiger charge is -2.28. The Hall–Kier alpha value is -10.2. The molecule has 2 nitrogen and oxygen atoms in total. The van der Waals surface area contributed by atoms with Crippen LogP contribution in [0.15, 0.2) is 249 Å². The highest BCUT2D eigenvalue weighted by molar-refractivity contribution is 6.97. The number of para-hydroxylation sites is 2. The molecule has 0 atom stereocenters. The molecule has 0 saturated carbocycles. The van der Waals surface area contributed by atoms with Crippen LogP contribution in [0, 0.1) is 41.5 Å². The first-order chi connectivity index (χ1) is 45.4. The van der Waals surface area contributed by atoms with Crippen molar-refractivity contribution in [1.29, 1.82) is 0 Å². The SMILES string of the molecule is Cc1cc(C)c(B(c2cccc(-c3ccc4c(CC(C)(C)c5ccc(B(c6ccc(C(C)(C)C)cc6)c6nc7ccccc7c7c6ccc6ccccc67)cc5)cc5c6c(cc7ccc3c4c75)c(-c3ccccc3)nc3ccccc36)c2)c2c(C)cc(C)cc2C)c(C)c1. The number of hydrogen-bond acceptors (Lipinski definition) is 2. The van der Waals surface area contributed by atoms with E-state index in [1.807, 2.05) is 0 Å². The van der Waals surface area contributed by atoms with Crippen molar-refractivity contribution < 1.29 is 0 Å². The maximum Gasteiger partial charge on any atom is 0.266 e. The number of aromatic nitrogens is 2. The molecule has 16 rings (SSSR count). The van der Waals surface area contributed by atoms with Gasteiger partial charge in [0, 0.05) is 32.7 Å². The molecule has 452 valence electrons. The van der Waals surface area contributed by atoms with Crippen LogP contribution in [0.2, 0.25) is 0 Å². The third-order valence-electron chi connectivity index (χ3n) is 20.9. The van der Waals surface area contributed by atoms with Crippen molar-refractivity contribution in [2.45, 2.75) is 93.4 Å². The fourth-order valence-electron chi connectivity index (χ4n) is 16.7. The van der Waals surface area contributed by atoms with E-state index in [1.165, 1.54) is 164 Å². The number of rotatable bonds is 11. The van der Waals surface area contributed by atoms with Gasteiger partial charge in [0.05, 0.1) is 16.7 Å². The minimum atomic E-state index is -0.289. The molecule has 0 aliphatic heterocycles. The Morgan fingerprint density at radius 3 is 1.50 bits per heavy atom. The maximum absolute atomic E-state index is 5.67. The van der Waals surface area contributed by atoms with E-state index in [1.54, 1.807) is 0 Å². The summed E-state index contributed by atoms with van der Waals surface area (Å²) in [5.41, 5.74) is 25.8. The Kier molecular flexibility index (Phi) is 14.1. The molecular weight excluding hydrogens is 1130 g/mol. The normalized spacial score (nSPS) is 12.2. The van der Waals surface area contributed by atoms with Crippen molar-refractivity contribution in [2.75, 3.05) is 0 Å². The highest BCUT2D eigenvalue weighted by Crippen LogP contribution is 2.47. The molecule has 94 heavy (non-hydrogen) atoms. The van der Waals surface area contributed by atoms with Gasteiger partial charge < -0.3 is 0 Å². The van der Waals surface area contributed by atoms with Gasteiger partial charge in [0.25, 0.3) is 6.71 Å². The number of pyridine rings is 2. The van der Waals surface area contributed by atoms with Gasteiger partial charge in [-0.15, -0.1) is 0 Å². The molecule has 0 radical (unpaired) electrons. The van der Waals surface area contributed by atoms with Crippen molar-refractivity contribution in [3.8, 4) is 22.4 Å². The molecule has 0 unspecified atom stereocenters. The fourth-order valence-corrected chi connectivity index (χ4v) is 16.7. The Morgan fingerprint density at radius 1 is 0.330 bits per heavy atom. The number of fused-ring (bicyclic) bond motifs is 9. The maximum atomic E-state index is 5.67. The van der Waals surface area contributed by atoms with Crippen LogP contribution < -0.4 is 32.9 Å². The zero-order valence-corrected chi connectivity index (χ0v) is 55.9. The highest BCUT2D eigenvalue weighted by Gasteiger charge is 2.33. The first-order valence-electron chi connectivity index (χ1n) is 33.6. The van der Waals surface area contributed by atoms with Crippen molar-refractivity contribution in [1.82, 2.24) is 9.97 Å². The number of hydrogen-bond donors (Lipinski definition) is 0. The van der Waals surface area contributed by atoms with Crippen molar-refractivity contribution >= 4 is 133 Å². The van der Waals surface area contributed by atoms with E-state index < -0.39 is 0 Å². The number of nitrogens with zero attached hydrogens (tertiary/aromatic N) is 2. The Balaban J connectivity index is 0.886. The third kappa shape index (κ3) is 9.87. The second-order valence-corrected chi connectivity index (χ2v) is 28.9. The topological polar surface area (TPSA) is 25.8 Å². The molecule has 0 spiro atoms. The minimum absolute atomic E-state index is 0.0188. The molecule has 0 aliphatic carbocycles. The lowest BCUT2D eigenvalue weighted by atomic mass is 9.34. The summed E-state index contributed by atoms with van der Waals surface area (Å²) in [6, 6.07) is 94.4. The van der Waals surface area contributed by atoms with Crippen LogP contribution >= 0.6 is 0 Å². The summed E-state index contributed by atoms with van der Waals surface area (Å²) in [6.07, 6.45) is 0.810. The van der Waals surface area contributed by atoms with Crippen LogP contribution in [0.5, 0.6) is 0 Å². The van der Waals surface area contributed by atoms with Gasteiger partial charge in [0.2, 0.25) is 6.71 Å². The monoisotopic (exact) mass is 1210 g/mol. The first kappa shape index (κ1) is 58.9. The molecule has 0 saturated heterocycles. The van der Waals surface area contributed by atoms with Crippen LogP contribution in [-0.4, -0.2) is 23.4 Å². The van der Waals surface area contributed by atoms with Crippen molar-refractivity contribution in [3.05, 3.63) is 299 Å². The molecule has 0 aliphatic rings. The van der Waals surface area contributed by atoms with E-state index in [0.717, 1.165) is 34.3 Å². The van der Waals surface area contributed by atoms with Crippen LogP contribution in [0.1, 0.15) is 84.7 Å². The summed E-state index contributed by atoms with van der Waals surface area (Å²) in [6.45, 7) is 25.4. The lowest BCUT2D eigenvalue weighted by molar-refractivity contribution is 0.524. The van der Waals surface area contributed by atoms with Gasteiger partial charge in [-0.25, -0.2) is 4.98 Å². The summed E-state index contributed by atoms with van der Waals surface area (Å²) in [5.74, 6) is 0. The summed E-state index contributed by atoms with van der Waals surface area (Å²) >= 11 is 0. The van der Waals surface area contributed by atoms with Gasteiger partial charge in [-0.3, -0.25) is 4.98 Å². The van der Waals surface area contributed by atoms with Crippen molar-refractivity contribution in [3.63, 3.8) is 0 Å². The molecule has 2 aromatic heterocycles. The largest absolute Gasteiger partial charge is 0.266 e. The third-order valence-corrected chi connectivity index (χ3v) is 20.9. The van der Waals surface area contributed by atoms with E-state index in [-0.39, 0.29) is 24.3 Å². The second-order valence-electron chi connectivity index (χ2n) is 28.9. The molecule has 0 fully saturated rings. The van der Waals surface area contributed by atoms with Gasteiger partial charge in [0.15, 0.2) is 0 Å². The number of aryl methyl sites for hydroxylation is 6. The molecule has 4 heteroatoms. The van der Waals surface area contributed by atoms with Gasteiger partial charge in [-0.1, -0.05) is 320 Å². The van der Waals surface area contributed by atoms with E-state index in [2.05, 4.69) is 325 Å². The Bertz CT molecular complexity index is 5600. The van der Waals surface area contributed by atoms with Gasteiger partial charge in [-0.05, 0) is 165 Å². The molecule has 14 aromatic carbocycles. The average molecular weight is 1210 g/mol. The predicted octanol–water partition coefficient (Wildman–Crippen LogP) is 19.2. The number of benzene rings is 14. The molecule has 2 heterocycles. The summed E-state index contributed by atoms with van der Waals surface area (Å²) in [7, 11) is 0. The first-order valence-corrected chi connectivity index (χ1v) is 33.6. The lowest BCUT2D eigenvalue weighted by Crippen LogP contribution is -2.55. The zero-order chi connectivity index (χ0) is 64.5. The van der Waals surface area contributed by atoms with E-state index in [9.17, 15) is 0 Å². The van der Waals surface area contributed by atoms with Crippen LogP contribution in [-0.2, 0) is 17.3 Å².